The van der Waals surface area contributed by atoms with Crippen LogP contribution in [0.5, 0.6) is 0 Å². The third-order valence-electron chi connectivity index (χ3n) is 4.37. The third kappa shape index (κ3) is 4.63. The van der Waals surface area contributed by atoms with Gasteiger partial charge in [-0.05, 0) is 42.9 Å². The van der Waals surface area contributed by atoms with Crippen LogP contribution in [-0.4, -0.2) is 6.04 Å². The second-order valence-electron chi connectivity index (χ2n) is 5.83. The van der Waals surface area contributed by atoms with E-state index in [1.165, 1.54) is 50.5 Å². The Bertz CT molecular complexity index is 415. The van der Waals surface area contributed by atoms with E-state index in [0.717, 1.165) is 6.42 Å². The molecular formula is C16H24Cl2N2. The van der Waals surface area contributed by atoms with Crippen LogP contribution >= 0.6 is 23.2 Å². The van der Waals surface area contributed by atoms with Crippen molar-refractivity contribution in [3.63, 3.8) is 0 Å². The van der Waals surface area contributed by atoms with Crippen LogP contribution in [0.1, 0.15) is 50.5 Å². The van der Waals surface area contributed by atoms with E-state index in [1.807, 2.05) is 18.2 Å². The van der Waals surface area contributed by atoms with Gasteiger partial charge in [0.05, 0.1) is 10.0 Å². The van der Waals surface area contributed by atoms with E-state index in [1.54, 1.807) is 0 Å². The van der Waals surface area contributed by atoms with Crippen molar-refractivity contribution in [3.8, 4) is 0 Å². The van der Waals surface area contributed by atoms with Crippen LogP contribution < -0.4 is 11.3 Å². The first kappa shape index (κ1) is 16.1. The lowest BCUT2D eigenvalue weighted by Crippen LogP contribution is -2.42. The smallest absolute Gasteiger partial charge is 0.0595 e. The summed E-state index contributed by atoms with van der Waals surface area (Å²) in [6, 6.07) is 6.19. The molecule has 1 aromatic carbocycles. The number of hydrogen-bond donors (Lipinski definition) is 2. The van der Waals surface area contributed by atoms with E-state index in [-0.39, 0.29) is 0 Å². The van der Waals surface area contributed by atoms with Gasteiger partial charge in [-0.2, -0.15) is 0 Å². The van der Waals surface area contributed by atoms with Crippen molar-refractivity contribution in [2.45, 2.75) is 57.4 Å². The number of nitrogens with two attached hydrogens (primary N) is 1. The molecule has 0 aromatic heterocycles. The Balaban J connectivity index is 2.00. The summed E-state index contributed by atoms with van der Waals surface area (Å²) in [7, 11) is 0. The van der Waals surface area contributed by atoms with Crippen molar-refractivity contribution >= 4 is 23.2 Å². The number of halogens is 2. The fourth-order valence-electron chi connectivity index (χ4n) is 3.17. The highest BCUT2D eigenvalue weighted by atomic mass is 35.5. The van der Waals surface area contributed by atoms with Crippen LogP contribution in [0, 0.1) is 5.92 Å². The number of hydrazine groups is 1. The Morgan fingerprint density at radius 2 is 1.70 bits per heavy atom. The Morgan fingerprint density at radius 1 is 1.05 bits per heavy atom. The number of hydrogen-bond acceptors (Lipinski definition) is 2. The lowest BCUT2D eigenvalue weighted by molar-refractivity contribution is 0.285. The SMILES string of the molecule is NNC(Cc1ccc(Cl)c(Cl)c1)C1CCCCCCC1. The zero-order chi connectivity index (χ0) is 14.4. The zero-order valence-electron chi connectivity index (χ0n) is 11.9. The molecule has 0 bridgehead atoms. The molecular weight excluding hydrogens is 291 g/mol. The third-order valence-corrected chi connectivity index (χ3v) is 5.11. The molecule has 20 heavy (non-hydrogen) atoms. The molecule has 1 aromatic rings. The van der Waals surface area contributed by atoms with Gasteiger partial charge in [-0.3, -0.25) is 11.3 Å². The van der Waals surface area contributed by atoms with Gasteiger partial charge in [-0.15, -0.1) is 0 Å². The molecule has 4 heteroatoms. The van der Waals surface area contributed by atoms with Gasteiger partial charge < -0.3 is 0 Å². The minimum Gasteiger partial charge on any atom is -0.271 e. The highest BCUT2D eigenvalue weighted by Crippen LogP contribution is 2.28. The van der Waals surface area contributed by atoms with Gasteiger partial charge in [0.25, 0.3) is 0 Å². The van der Waals surface area contributed by atoms with Gasteiger partial charge in [0, 0.05) is 6.04 Å². The maximum absolute atomic E-state index is 6.09. The van der Waals surface area contributed by atoms with E-state index in [2.05, 4.69) is 5.43 Å². The first-order valence-corrected chi connectivity index (χ1v) is 8.36. The minimum atomic E-state index is 0.324. The highest BCUT2D eigenvalue weighted by Gasteiger charge is 2.21. The van der Waals surface area contributed by atoms with Gasteiger partial charge in [-0.25, -0.2) is 0 Å². The number of nitrogens with one attached hydrogen (secondary N) is 1. The summed E-state index contributed by atoms with van der Waals surface area (Å²) < 4.78 is 0. The fraction of sp³-hybridized carbons (Fsp3) is 0.625. The summed E-state index contributed by atoms with van der Waals surface area (Å²) >= 11 is 12.1. The van der Waals surface area contributed by atoms with E-state index >= 15 is 0 Å². The molecule has 2 rings (SSSR count). The first-order chi connectivity index (χ1) is 9.70. The Labute approximate surface area is 132 Å². The van der Waals surface area contributed by atoms with Gasteiger partial charge in [0.15, 0.2) is 0 Å². The minimum absolute atomic E-state index is 0.324. The average molecular weight is 315 g/mol. The van der Waals surface area contributed by atoms with Crippen LogP contribution in [-0.2, 0) is 6.42 Å². The fourth-order valence-corrected chi connectivity index (χ4v) is 3.49. The first-order valence-electron chi connectivity index (χ1n) is 7.60. The molecule has 0 heterocycles. The van der Waals surface area contributed by atoms with Crippen LogP contribution in [0.2, 0.25) is 10.0 Å². The van der Waals surface area contributed by atoms with Gasteiger partial charge in [0.2, 0.25) is 0 Å². The summed E-state index contributed by atoms with van der Waals surface area (Å²) in [5.41, 5.74) is 4.22. The molecule has 0 saturated heterocycles. The standard InChI is InChI=1S/C16H24Cl2N2/c17-14-9-8-12(10-15(14)18)11-16(20-19)13-6-4-2-1-3-5-7-13/h8-10,13,16,20H,1-7,11,19H2. The quantitative estimate of drug-likeness (QED) is 0.623. The van der Waals surface area contributed by atoms with Crippen LogP contribution in [0.3, 0.4) is 0 Å². The van der Waals surface area contributed by atoms with Gasteiger partial charge >= 0.3 is 0 Å². The summed E-state index contributed by atoms with van der Waals surface area (Å²) in [6.45, 7) is 0. The summed E-state index contributed by atoms with van der Waals surface area (Å²) in [6.07, 6.45) is 10.2. The van der Waals surface area contributed by atoms with E-state index in [4.69, 9.17) is 29.0 Å². The van der Waals surface area contributed by atoms with Crippen LogP contribution in [0.4, 0.5) is 0 Å². The summed E-state index contributed by atoms with van der Waals surface area (Å²) in [5, 5.41) is 1.23. The molecule has 0 aliphatic heterocycles. The summed E-state index contributed by atoms with van der Waals surface area (Å²) in [5.74, 6) is 6.46. The Kier molecular flexibility index (Phi) is 6.63. The predicted octanol–water partition coefficient (Wildman–Crippen LogP) is 4.73. The van der Waals surface area contributed by atoms with Gasteiger partial charge in [0.1, 0.15) is 0 Å². The van der Waals surface area contributed by atoms with Crippen molar-refractivity contribution in [3.05, 3.63) is 33.8 Å². The molecule has 1 unspecified atom stereocenters. The van der Waals surface area contributed by atoms with Crippen molar-refractivity contribution < 1.29 is 0 Å². The van der Waals surface area contributed by atoms with Gasteiger partial charge in [-0.1, -0.05) is 61.4 Å². The molecule has 112 valence electrons. The topological polar surface area (TPSA) is 38.0 Å². The molecule has 1 aliphatic rings. The maximum Gasteiger partial charge on any atom is 0.0595 e. The molecule has 1 atom stereocenters. The molecule has 0 radical (unpaired) electrons. The molecule has 1 saturated carbocycles. The Morgan fingerprint density at radius 3 is 2.30 bits per heavy atom. The lowest BCUT2D eigenvalue weighted by Gasteiger charge is -2.28. The number of benzene rings is 1. The lowest BCUT2D eigenvalue weighted by atomic mass is 9.83. The van der Waals surface area contributed by atoms with E-state index < -0.39 is 0 Å². The largest absolute Gasteiger partial charge is 0.271 e. The summed E-state index contributed by atoms with van der Waals surface area (Å²) in [4.78, 5) is 0. The van der Waals surface area contributed by atoms with Crippen molar-refractivity contribution in [2.75, 3.05) is 0 Å². The molecule has 0 spiro atoms. The zero-order valence-corrected chi connectivity index (χ0v) is 13.4. The Hall–Kier alpha value is -0.280. The average Bonchev–Trinajstić information content (AvgIpc) is 2.40. The molecule has 1 aliphatic carbocycles. The van der Waals surface area contributed by atoms with Crippen molar-refractivity contribution in [2.24, 2.45) is 11.8 Å². The van der Waals surface area contributed by atoms with Crippen molar-refractivity contribution in [1.82, 2.24) is 5.43 Å². The molecule has 0 amide bonds. The predicted molar refractivity (Wildman–Crippen MR) is 87.1 cm³/mol. The van der Waals surface area contributed by atoms with Crippen LogP contribution in [0.15, 0.2) is 18.2 Å². The van der Waals surface area contributed by atoms with E-state index in [0.29, 0.717) is 22.0 Å². The highest BCUT2D eigenvalue weighted by molar-refractivity contribution is 6.42. The molecule has 3 N–H and O–H groups in total. The second-order valence-corrected chi connectivity index (χ2v) is 6.65. The molecule has 1 fully saturated rings. The molecule has 2 nitrogen and oxygen atoms in total. The maximum atomic E-state index is 6.09. The second kappa shape index (κ2) is 8.23. The normalized spacial score (nSPS) is 19.4. The monoisotopic (exact) mass is 314 g/mol. The van der Waals surface area contributed by atoms with E-state index in [9.17, 15) is 0 Å². The number of rotatable bonds is 4. The van der Waals surface area contributed by atoms with Crippen molar-refractivity contribution in [1.29, 1.82) is 0 Å². The van der Waals surface area contributed by atoms with Crippen LogP contribution in [0.25, 0.3) is 0 Å².